The fourth-order valence-corrected chi connectivity index (χ4v) is 0.931. The number of hydrogen-bond acceptors (Lipinski definition) is 0. The average molecular weight is 284 g/mol. The Labute approximate surface area is 134 Å². The first-order valence-corrected chi connectivity index (χ1v) is 9.37. The second-order valence-corrected chi connectivity index (χ2v) is 6.34. The minimum Gasteiger partial charge on any atom is -0.0863 e. The average Bonchev–Trinajstić information content (AvgIpc) is 2.41. The third-order valence-electron chi connectivity index (χ3n) is 2.89. The summed E-state index contributed by atoms with van der Waals surface area (Å²) in [6, 6.07) is 0. The highest BCUT2D eigenvalue weighted by Crippen LogP contribution is 1.93. The molecule has 20 heavy (non-hydrogen) atoms. The van der Waals surface area contributed by atoms with Crippen LogP contribution in [0.15, 0.2) is 0 Å². The molecule has 0 saturated carbocycles. The van der Waals surface area contributed by atoms with E-state index in [9.17, 15) is 0 Å². The van der Waals surface area contributed by atoms with E-state index in [4.69, 9.17) is 0 Å². The molecule has 0 aliphatic heterocycles. The van der Waals surface area contributed by atoms with E-state index in [0.29, 0.717) is 0 Å². The molecule has 0 fully saturated rings. The van der Waals surface area contributed by atoms with Gasteiger partial charge in [0.1, 0.15) is 13.4 Å². The fraction of sp³-hybridized carbons (Fsp3) is 1.00. The minimum atomic E-state index is 0.884. The lowest BCUT2D eigenvalue weighted by atomic mass is 9.52. The molecule has 0 atom stereocenters. The molecule has 0 spiro atoms. The lowest BCUT2D eigenvalue weighted by molar-refractivity contribution is 0.772. The Morgan fingerprint density at radius 2 is 0.850 bits per heavy atom. The summed E-state index contributed by atoms with van der Waals surface area (Å²) in [6.45, 7) is 23.9. The first kappa shape index (κ1) is 28.3. The lowest BCUT2D eigenvalue weighted by Crippen LogP contribution is -1.95. The quantitative estimate of drug-likeness (QED) is 0.434. The molecule has 2 heteroatoms. The summed E-state index contributed by atoms with van der Waals surface area (Å²) in [5, 5.41) is 0. The standard InChI is InChI=1S/C5H13B.C5H12.C4H11B.C4H10/c1-4-5-6(2)3;1-3-5-4-2;1-4-5(2)3;1-3-4-2/h4-5H2,1-3H3;3-5H2,1-2H3;4H2,1-3H3;3-4H2,1-2H3. The van der Waals surface area contributed by atoms with Crippen LogP contribution in [0.25, 0.3) is 0 Å². The Balaban J connectivity index is -0.0000000862. The molecular weight excluding hydrogens is 238 g/mol. The fourth-order valence-electron chi connectivity index (χ4n) is 0.931. The molecule has 0 nitrogen and oxygen atoms in total. The highest BCUT2D eigenvalue weighted by atomic mass is 13.7. The van der Waals surface area contributed by atoms with Gasteiger partial charge in [0.05, 0.1) is 0 Å². The Bertz CT molecular complexity index is 108. The first-order valence-electron chi connectivity index (χ1n) is 9.37. The van der Waals surface area contributed by atoms with Gasteiger partial charge in [0, 0.05) is 0 Å². The summed E-state index contributed by atoms with van der Waals surface area (Å²) in [5.41, 5.74) is 0. The van der Waals surface area contributed by atoms with Crippen molar-refractivity contribution < 1.29 is 0 Å². The maximum atomic E-state index is 2.25. The molecule has 0 bridgehead atoms. The zero-order valence-corrected chi connectivity index (χ0v) is 16.8. The molecular formula is C18H46B2. The van der Waals surface area contributed by atoms with Gasteiger partial charge in [-0.1, -0.05) is 120 Å². The molecule has 0 heterocycles. The number of rotatable bonds is 6. The Hall–Kier alpha value is 0.130. The van der Waals surface area contributed by atoms with Crippen LogP contribution in [0.4, 0.5) is 0 Å². The second kappa shape index (κ2) is 31.5. The third kappa shape index (κ3) is 80.5. The molecule has 0 amide bonds. The molecule has 0 aliphatic rings. The van der Waals surface area contributed by atoms with Crippen LogP contribution in [0.1, 0.15) is 80.1 Å². The minimum absolute atomic E-state index is 0.884. The Morgan fingerprint density at radius 3 is 0.850 bits per heavy atom. The predicted molar refractivity (Wildman–Crippen MR) is 106 cm³/mol. The van der Waals surface area contributed by atoms with Crippen LogP contribution in [0, 0.1) is 0 Å². The summed E-state index contributed by atoms with van der Waals surface area (Å²) in [7, 11) is 0. The largest absolute Gasteiger partial charge is 0.133 e. The van der Waals surface area contributed by atoms with Crippen LogP contribution in [-0.2, 0) is 0 Å². The SMILES string of the molecule is CCB(C)C.CCCB(C)C.CCCC.CCCCC. The molecule has 0 aromatic rings. The van der Waals surface area contributed by atoms with Crippen molar-refractivity contribution in [1.82, 2.24) is 0 Å². The van der Waals surface area contributed by atoms with E-state index >= 15 is 0 Å². The number of hydrogen-bond donors (Lipinski definition) is 0. The summed E-state index contributed by atoms with van der Waals surface area (Å²) < 4.78 is 0. The topological polar surface area (TPSA) is 0 Å². The normalized spacial score (nSPS) is 8.10. The van der Waals surface area contributed by atoms with E-state index in [1.54, 1.807) is 0 Å². The summed E-state index contributed by atoms with van der Waals surface area (Å²) in [6.07, 6.45) is 10.7. The van der Waals surface area contributed by atoms with Crippen molar-refractivity contribution >= 4 is 13.4 Å². The van der Waals surface area contributed by atoms with Crippen molar-refractivity contribution in [3.05, 3.63) is 0 Å². The molecule has 0 radical (unpaired) electrons. The van der Waals surface area contributed by atoms with Gasteiger partial charge in [-0.3, -0.25) is 0 Å². The van der Waals surface area contributed by atoms with Crippen molar-refractivity contribution in [2.45, 2.75) is 120 Å². The molecule has 0 aromatic heterocycles. The second-order valence-electron chi connectivity index (χ2n) is 6.34. The van der Waals surface area contributed by atoms with Gasteiger partial charge in [0.15, 0.2) is 0 Å². The van der Waals surface area contributed by atoms with Crippen LogP contribution in [0.5, 0.6) is 0 Å². The Kier molecular flexibility index (Phi) is 44.6. The van der Waals surface area contributed by atoms with Crippen LogP contribution in [0.2, 0.25) is 39.9 Å². The zero-order chi connectivity index (χ0) is 16.8. The lowest BCUT2D eigenvalue weighted by Gasteiger charge is -1.91. The van der Waals surface area contributed by atoms with E-state index in [2.05, 4.69) is 68.8 Å². The highest BCUT2D eigenvalue weighted by molar-refractivity contribution is 6.55. The van der Waals surface area contributed by atoms with E-state index in [1.165, 1.54) is 51.2 Å². The van der Waals surface area contributed by atoms with Crippen molar-refractivity contribution in [3.63, 3.8) is 0 Å². The van der Waals surface area contributed by atoms with Crippen LogP contribution in [-0.4, -0.2) is 13.4 Å². The van der Waals surface area contributed by atoms with Gasteiger partial charge in [-0.15, -0.1) is 0 Å². The van der Waals surface area contributed by atoms with Gasteiger partial charge in [-0.2, -0.15) is 0 Å². The third-order valence-corrected chi connectivity index (χ3v) is 2.89. The van der Waals surface area contributed by atoms with E-state index < -0.39 is 0 Å². The smallest absolute Gasteiger partial charge is 0.0863 e. The van der Waals surface area contributed by atoms with Crippen molar-refractivity contribution in [3.8, 4) is 0 Å². The van der Waals surface area contributed by atoms with Gasteiger partial charge in [0.2, 0.25) is 0 Å². The van der Waals surface area contributed by atoms with Gasteiger partial charge in [-0.05, 0) is 0 Å². The maximum absolute atomic E-state index is 2.25. The van der Waals surface area contributed by atoms with E-state index in [-0.39, 0.29) is 0 Å². The van der Waals surface area contributed by atoms with E-state index in [0.717, 1.165) is 13.4 Å². The monoisotopic (exact) mass is 284 g/mol. The van der Waals surface area contributed by atoms with Crippen molar-refractivity contribution in [1.29, 1.82) is 0 Å². The van der Waals surface area contributed by atoms with Gasteiger partial charge < -0.3 is 0 Å². The van der Waals surface area contributed by atoms with E-state index in [1.807, 2.05) is 0 Å². The van der Waals surface area contributed by atoms with Gasteiger partial charge >= 0.3 is 0 Å². The number of unbranched alkanes of at least 4 members (excludes halogenated alkanes) is 3. The molecule has 0 aromatic carbocycles. The van der Waals surface area contributed by atoms with Crippen molar-refractivity contribution in [2.75, 3.05) is 0 Å². The molecule has 0 aliphatic carbocycles. The molecule has 0 unspecified atom stereocenters. The summed E-state index contributed by atoms with van der Waals surface area (Å²) in [4.78, 5) is 0. The van der Waals surface area contributed by atoms with Crippen LogP contribution < -0.4 is 0 Å². The van der Waals surface area contributed by atoms with Crippen LogP contribution >= 0.6 is 0 Å². The van der Waals surface area contributed by atoms with Gasteiger partial charge in [-0.25, -0.2) is 0 Å². The van der Waals surface area contributed by atoms with Crippen LogP contribution in [0.3, 0.4) is 0 Å². The predicted octanol–water partition coefficient (Wildman–Crippen LogP) is 7.91. The summed E-state index contributed by atoms with van der Waals surface area (Å²) in [5.74, 6) is 0. The molecule has 0 saturated heterocycles. The molecule has 0 N–H and O–H groups in total. The van der Waals surface area contributed by atoms with Gasteiger partial charge in [0.25, 0.3) is 0 Å². The zero-order valence-electron chi connectivity index (χ0n) is 16.8. The Morgan fingerprint density at radius 1 is 0.500 bits per heavy atom. The molecule has 124 valence electrons. The first-order chi connectivity index (χ1) is 9.37. The molecule has 0 rings (SSSR count). The highest BCUT2D eigenvalue weighted by Gasteiger charge is 1.91. The maximum Gasteiger partial charge on any atom is 0.133 e. The summed E-state index contributed by atoms with van der Waals surface area (Å²) >= 11 is 0. The van der Waals surface area contributed by atoms with Crippen molar-refractivity contribution in [2.24, 2.45) is 0 Å².